The van der Waals surface area contributed by atoms with E-state index in [2.05, 4.69) is 14.9 Å². The molecule has 0 saturated carbocycles. The molecule has 1 aliphatic rings. The van der Waals surface area contributed by atoms with Crippen LogP contribution in [-0.2, 0) is 11.3 Å². The number of nitrogens with zero attached hydrogens (tertiary/aromatic N) is 2. The van der Waals surface area contributed by atoms with E-state index in [4.69, 9.17) is 5.73 Å². The smallest absolute Gasteiger partial charge is 0.268 e. The number of hydrogen-bond donors (Lipinski definition) is 2. The molecule has 6 nitrogen and oxygen atoms in total. The van der Waals surface area contributed by atoms with Gasteiger partial charge in [-0.2, -0.15) is 0 Å². The lowest BCUT2D eigenvalue weighted by Gasteiger charge is -2.32. The number of halogens is 1. The third kappa shape index (κ3) is 4.71. The number of thiophene rings is 1. The van der Waals surface area contributed by atoms with E-state index >= 15 is 0 Å². The Hall–Kier alpha value is -2.58. The number of carbonyl (C=O) groups excluding carboxylic acids is 1. The molecular formula is C21H23FN4O2S. The van der Waals surface area contributed by atoms with Crippen LogP contribution < -0.4 is 11.3 Å². The van der Waals surface area contributed by atoms with Gasteiger partial charge in [-0.25, -0.2) is 9.37 Å². The molecule has 0 spiro atoms. The molecule has 3 heterocycles. The van der Waals surface area contributed by atoms with Crippen LogP contribution in [-0.4, -0.2) is 33.9 Å². The average Bonchev–Trinajstić information content (AvgIpc) is 3.12. The van der Waals surface area contributed by atoms with Crippen molar-refractivity contribution in [2.45, 2.75) is 32.2 Å². The van der Waals surface area contributed by atoms with Crippen molar-refractivity contribution in [3.8, 4) is 10.4 Å². The Bertz CT molecular complexity index is 1080. The number of amides is 1. The number of aromatic nitrogens is 2. The molecule has 1 atom stereocenters. The van der Waals surface area contributed by atoms with Crippen molar-refractivity contribution in [1.82, 2.24) is 14.9 Å². The molecule has 1 fully saturated rings. The molecule has 29 heavy (non-hydrogen) atoms. The predicted molar refractivity (Wildman–Crippen MR) is 112 cm³/mol. The zero-order valence-electron chi connectivity index (χ0n) is 16.0. The SMILES string of the molecule is NC(=O)CCC1CCCN(Cc2nc3cc(-c4ccc(F)cc4)sc3c(=O)[nH]2)C1. The van der Waals surface area contributed by atoms with Gasteiger partial charge in [0, 0.05) is 17.8 Å². The third-order valence-corrected chi connectivity index (χ3v) is 6.51. The predicted octanol–water partition coefficient (Wildman–Crippen LogP) is 3.27. The van der Waals surface area contributed by atoms with E-state index in [0.717, 1.165) is 42.8 Å². The van der Waals surface area contributed by atoms with Crippen molar-refractivity contribution in [2.75, 3.05) is 13.1 Å². The Labute approximate surface area is 171 Å². The van der Waals surface area contributed by atoms with Gasteiger partial charge in [0.25, 0.3) is 5.56 Å². The first kappa shape index (κ1) is 19.7. The van der Waals surface area contributed by atoms with Gasteiger partial charge >= 0.3 is 0 Å². The molecule has 0 radical (unpaired) electrons. The summed E-state index contributed by atoms with van der Waals surface area (Å²) in [5.74, 6) is 0.538. The third-order valence-electron chi connectivity index (χ3n) is 5.34. The van der Waals surface area contributed by atoms with Gasteiger partial charge < -0.3 is 10.7 Å². The summed E-state index contributed by atoms with van der Waals surface area (Å²) in [6, 6.07) is 8.11. The fourth-order valence-corrected chi connectivity index (χ4v) is 4.91. The van der Waals surface area contributed by atoms with Crippen LogP contribution in [0.15, 0.2) is 35.1 Å². The number of nitrogens with two attached hydrogens (primary N) is 1. The van der Waals surface area contributed by atoms with E-state index in [1.807, 2.05) is 6.07 Å². The molecular weight excluding hydrogens is 391 g/mol. The van der Waals surface area contributed by atoms with Crippen LogP contribution in [0.25, 0.3) is 20.7 Å². The van der Waals surface area contributed by atoms with Crippen LogP contribution in [0.1, 0.15) is 31.5 Å². The zero-order chi connectivity index (χ0) is 20.4. The van der Waals surface area contributed by atoms with Gasteiger partial charge in [-0.1, -0.05) is 12.1 Å². The number of carbonyl (C=O) groups is 1. The van der Waals surface area contributed by atoms with Crippen molar-refractivity contribution in [1.29, 1.82) is 0 Å². The van der Waals surface area contributed by atoms with Crippen molar-refractivity contribution < 1.29 is 9.18 Å². The average molecular weight is 415 g/mol. The first-order chi connectivity index (χ1) is 14.0. The molecule has 1 aliphatic heterocycles. The van der Waals surface area contributed by atoms with Crippen LogP contribution in [0.5, 0.6) is 0 Å². The maximum Gasteiger partial charge on any atom is 0.268 e. The molecule has 0 aliphatic carbocycles. The van der Waals surface area contributed by atoms with Gasteiger partial charge in [0.05, 0.1) is 12.1 Å². The van der Waals surface area contributed by atoms with Crippen molar-refractivity contribution in [3.05, 3.63) is 52.3 Å². The Balaban J connectivity index is 1.51. The molecule has 152 valence electrons. The number of fused-ring (bicyclic) bond motifs is 1. The van der Waals surface area contributed by atoms with Gasteiger partial charge in [0.1, 0.15) is 16.3 Å². The maximum absolute atomic E-state index is 13.2. The monoisotopic (exact) mass is 414 g/mol. The van der Waals surface area contributed by atoms with Crippen LogP contribution in [0.2, 0.25) is 0 Å². The number of likely N-dealkylation sites (tertiary alicyclic amines) is 1. The summed E-state index contributed by atoms with van der Waals surface area (Å²) in [7, 11) is 0. The summed E-state index contributed by atoms with van der Waals surface area (Å²) in [5, 5.41) is 0. The topological polar surface area (TPSA) is 92.1 Å². The number of aromatic amines is 1. The molecule has 0 bridgehead atoms. The maximum atomic E-state index is 13.2. The summed E-state index contributed by atoms with van der Waals surface area (Å²) < 4.78 is 13.7. The number of H-pyrrole nitrogens is 1. The largest absolute Gasteiger partial charge is 0.370 e. The minimum Gasteiger partial charge on any atom is -0.370 e. The second kappa shape index (κ2) is 8.42. The lowest BCUT2D eigenvalue weighted by molar-refractivity contribution is -0.118. The fraction of sp³-hybridized carbons (Fsp3) is 0.381. The summed E-state index contributed by atoms with van der Waals surface area (Å²) in [6.07, 6.45) is 3.38. The van der Waals surface area contributed by atoms with Crippen LogP contribution in [0.3, 0.4) is 0 Å². The highest BCUT2D eigenvalue weighted by Gasteiger charge is 2.21. The molecule has 1 saturated heterocycles. The molecule has 1 unspecified atom stereocenters. The number of hydrogen-bond acceptors (Lipinski definition) is 5. The highest BCUT2D eigenvalue weighted by atomic mass is 32.1. The standard InChI is InChI=1S/C21H23FN4O2S/c22-15-6-4-14(5-7-15)17-10-16-20(29-17)21(28)25-19(24-16)12-26-9-1-2-13(11-26)3-8-18(23)27/h4-7,10,13H,1-3,8-9,11-12H2,(H2,23,27)(H,24,25,28). The number of benzene rings is 1. The minimum atomic E-state index is -0.288. The second-order valence-corrected chi connectivity index (χ2v) is 8.65. The van der Waals surface area contributed by atoms with Gasteiger partial charge in [0.15, 0.2) is 0 Å². The van der Waals surface area contributed by atoms with Crippen LogP contribution in [0.4, 0.5) is 4.39 Å². The summed E-state index contributed by atoms with van der Waals surface area (Å²) in [6.45, 7) is 2.39. The Morgan fingerprint density at radius 1 is 1.34 bits per heavy atom. The molecule has 1 amide bonds. The fourth-order valence-electron chi connectivity index (χ4n) is 3.91. The normalized spacial score (nSPS) is 17.6. The van der Waals surface area contributed by atoms with E-state index < -0.39 is 0 Å². The summed E-state index contributed by atoms with van der Waals surface area (Å²) >= 11 is 1.36. The van der Waals surface area contributed by atoms with Gasteiger partial charge in [-0.3, -0.25) is 14.5 Å². The van der Waals surface area contributed by atoms with Gasteiger partial charge in [0.2, 0.25) is 5.91 Å². The second-order valence-electron chi connectivity index (χ2n) is 7.59. The van der Waals surface area contributed by atoms with E-state index in [0.29, 0.717) is 34.9 Å². The van der Waals surface area contributed by atoms with Crippen molar-refractivity contribution in [2.24, 2.45) is 11.7 Å². The minimum absolute atomic E-state index is 0.148. The lowest BCUT2D eigenvalue weighted by atomic mass is 9.93. The summed E-state index contributed by atoms with van der Waals surface area (Å²) in [4.78, 5) is 34.3. The molecule has 3 N–H and O–H groups in total. The van der Waals surface area contributed by atoms with E-state index in [1.54, 1.807) is 12.1 Å². The van der Waals surface area contributed by atoms with Crippen LogP contribution >= 0.6 is 11.3 Å². The van der Waals surface area contributed by atoms with E-state index in [-0.39, 0.29) is 17.3 Å². The van der Waals surface area contributed by atoms with Crippen molar-refractivity contribution >= 4 is 27.5 Å². The van der Waals surface area contributed by atoms with Crippen molar-refractivity contribution in [3.63, 3.8) is 0 Å². The number of primary amides is 1. The Morgan fingerprint density at radius 2 is 2.14 bits per heavy atom. The molecule has 4 rings (SSSR count). The number of nitrogens with one attached hydrogen (secondary N) is 1. The Kier molecular flexibility index (Phi) is 5.73. The highest BCUT2D eigenvalue weighted by molar-refractivity contribution is 7.22. The molecule has 2 aromatic heterocycles. The van der Waals surface area contributed by atoms with Gasteiger partial charge in [-0.15, -0.1) is 11.3 Å². The quantitative estimate of drug-likeness (QED) is 0.648. The Morgan fingerprint density at radius 3 is 2.90 bits per heavy atom. The highest BCUT2D eigenvalue weighted by Crippen LogP contribution is 2.31. The lowest BCUT2D eigenvalue weighted by Crippen LogP contribution is -2.36. The van der Waals surface area contributed by atoms with E-state index in [9.17, 15) is 14.0 Å². The first-order valence-electron chi connectivity index (χ1n) is 9.77. The summed E-state index contributed by atoms with van der Waals surface area (Å²) in [5.41, 5.74) is 6.65. The van der Waals surface area contributed by atoms with E-state index in [1.165, 1.54) is 23.5 Å². The molecule has 8 heteroatoms. The zero-order valence-corrected chi connectivity index (χ0v) is 16.8. The first-order valence-corrected chi connectivity index (χ1v) is 10.6. The number of rotatable bonds is 6. The van der Waals surface area contributed by atoms with Crippen LogP contribution in [0, 0.1) is 11.7 Å². The molecule has 1 aromatic carbocycles. The number of piperidine rings is 1. The molecule has 3 aromatic rings. The van der Waals surface area contributed by atoms with Gasteiger partial charge in [-0.05, 0) is 55.5 Å².